The van der Waals surface area contributed by atoms with Crippen molar-refractivity contribution in [2.45, 2.75) is 19.5 Å². The second kappa shape index (κ2) is 8.14. The quantitative estimate of drug-likeness (QED) is 0.745. The molecule has 0 unspecified atom stereocenters. The highest BCUT2D eigenvalue weighted by Gasteiger charge is 2.30. The second-order valence-corrected chi connectivity index (χ2v) is 5.84. The van der Waals surface area contributed by atoms with Gasteiger partial charge in [0, 0.05) is 18.3 Å². The molecule has 24 heavy (non-hydrogen) atoms. The van der Waals surface area contributed by atoms with Crippen LogP contribution in [0.3, 0.4) is 0 Å². The van der Waals surface area contributed by atoms with Gasteiger partial charge in [0.15, 0.2) is 0 Å². The lowest BCUT2D eigenvalue weighted by Crippen LogP contribution is -2.06. The van der Waals surface area contributed by atoms with Crippen LogP contribution >= 0.6 is 15.9 Å². The third-order valence-corrected chi connectivity index (χ3v) is 3.60. The van der Waals surface area contributed by atoms with Gasteiger partial charge in [-0.05, 0) is 46.6 Å². The molecule has 0 fully saturated rings. The van der Waals surface area contributed by atoms with Crippen molar-refractivity contribution in [2.75, 3.05) is 11.9 Å². The van der Waals surface area contributed by atoms with Gasteiger partial charge in [0.1, 0.15) is 17.0 Å². The predicted molar refractivity (Wildman–Crippen MR) is 90.6 cm³/mol. The Bertz CT molecular complexity index is 702. The molecule has 1 N–H and O–H groups in total. The summed E-state index contributed by atoms with van der Waals surface area (Å²) in [4.78, 5) is 8.35. The number of aromatic nitrogens is 1. The predicted octanol–water partition coefficient (Wildman–Crippen LogP) is 5.27. The number of para-hydroxylation sites is 1. The van der Waals surface area contributed by atoms with E-state index in [1.807, 2.05) is 31.2 Å². The molecule has 2 aromatic rings. The summed E-state index contributed by atoms with van der Waals surface area (Å²) in [7, 11) is 0. The molecule has 1 aromatic heterocycles. The molecule has 0 saturated carbocycles. The number of nitrogens with zero attached hydrogens (tertiary/aromatic N) is 2. The summed E-state index contributed by atoms with van der Waals surface area (Å²) >= 11 is 3.16. The summed E-state index contributed by atoms with van der Waals surface area (Å²) < 4.78 is 38.0. The minimum Gasteiger partial charge on any atom is -0.395 e. The molecular formula is C16H15BrF3N3O. The first kappa shape index (κ1) is 18.3. The zero-order chi connectivity index (χ0) is 17.6. The lowest BCUT2D eigenvalue weighted by Gasteiger charge is -2.10. The number of oxime groups is 1. The number of nitrogens with one attached hydrogen (secondary N) is 1. The minimum atomic E-state index is -4.35. The van der Waals surface area contributed by atoms with Crippen LogP contribution in [-0.4, -0.2) is 16.2 Å². The summed E-state index contributed by atoms with van der Waals surface area (Å²) in [5.74, 6) is 0.386. The average Bonchev–Trinajstić information content (AvgIpc) is 3.01. The monoisotopic (exact) mass is 401 g/mol. The maximum atomic E-state index is 12.4. The number of rotatable bonds is 2. The Kier molecular flexibility index (Phi) is 6.19. The zero-order valence-corrected chi connectivity index (χ0v) is 14.4. The van der Waals surface area contributed by atoms with E-state index in [0.717, 1.165) is 41.2 Å². The van der Waals surface area contributed by atoms with Crippen molar-refractivity contribution in [2.24, 2.45) is 5.16 Å². The van der Waals surface area contributed by atoms with Gasteiger partial charge in [-0.25, -0.2) is 4.98 Å². The van der Waals surface area contributed by atoms with Crippen LogP contribution in [0.15, 0.2) is 47.8 Å². The molecule has 2 heterocycles. The standard InChI is InChI=1S/C13H11F3N2.C3H4BrNO/c1-9-4-2-3-5-11(9)18-12-7-6-10(8-17-12)13(14,15)16;4-3-1-2-6-5-3/h2-8H,1H3,(H,17,18);1-2H2. The van der Waals surface area contributed by atoms with Gasteiger partial charge in [0.25, 0.3) is 0 Å². The summed E-state index contributed by atoms with van der Waals surface area (Å²) in [6.45, 7) is 2.65. The maximum absolute atomic E-state index is 12.4. The number of hydrogen-bond acceptors (Lipinski definition) is 4. The molecule has 4 nitrogen and oxygen atoms in total. The number of benzene rings is 1. The highest BCUT2D eigenvalue weighted by atomic mass is 79.9. The van der Waals surface area contributed by atoms with Crippen molar-refractivity contribution in [3.63, 3.8) is 0 Å². The fourth-order valence-corrected chi connectivity index (χ4v) is 2.04. The Morgan fingerprint density at radius 1 is 1.17 bits per heavy atom. The summed E-state index contributed by atoms with van der Waals surface area (Å²) in [6.07, 6.45) is -2.60. The van der Waals surface area contributed by atoms with Crippen LogP contribution in [0, 0.1) is 6.92 Å². The Morgan fingerprint density at radius 2 is 1.92 bits per heavy atom. The van der Waals surface area contributed by atoms with Gasteiger partial charge in [-0.3, -0.25) is 0 Å². The minimum absolute atomic E-state index is 0.386. The zero-order valence-electron chi connectivity index (χ0n) is 12.8. The summed E-state index contributed by atoms with van der Waals surface area (Å²) in [5.41, 5.74) is 1.07. The Morgan fingerprint density at radius 3 is 2.38 bits per heavy atom. The molecule has 0 saturated heterocycles. The van der Waals surface area contributed by atoms with Gasteiger partial charge in [-0.2, -0.15) is 13.2 Å². The molecule has 128 valence electrons. The van der Waals surface area contributed by atoms with E-state index in [0.29, 0.717) is 5.82 Å². The number of anilines is 2. The lowest BCUT2D eigenvalue weighted by atomic mass is 10.2. The van der Waals surface area contributed by atoms with Gasteiger partial charge in [0.2, 0.25) is 0 Å². The molecule has 1 aromatic carbocycles. The van der Waals surface area contributed by atoms with Crippen molar-refractivity contribution in [3.05, 3.63) is 53.7 Å². The van der Waals surface area contributed by atoms with E-state index >= 15 is 0 Å². The van der Waals surface area contributed by atoms with Crippen molar-refractivity contribution in [1.82, 2.24) is 4.98 Å². The Labute approximate surface area is 145 Å². The van der Waals surface area contributed by atoms with E-state index in [-0.39, 0.29) is 0 Å². The molecule has 0 aliphatic carbocycles. The highest BCUT2D eigenvalue weighted by Crippen LogP contribution is 2.29. The van der Waals surface area contributed by atoms with Gasteiger partial charge < -0.3 is 10.2 Å². The van der Waals surface area contributed by atoms with E-state index in [1.165, 1.54) is 6.07 Å². The van der Waals surface area contributed by atoms with Gasteiger partial charge in [0.05, 0.1) is 5.56 Å². The fraction of sp³-hybridized carbons (Fsp3) is 0.250. The van der Waals surface area contributed by atoms with Gasteiger partial charge >= 0.3 is 6.18 Å². The molecule has 3 rings (SSSR count). The molecule has 0 radical (unpaired) electrons. The van der Waals surface area contributed by atoms with Crippen LogP contribution in [0.2, 0.25) is 0 Å². The largest absolute Gasteiger partial charge is 0.417 e. The number of halogens is 4. The summed E-state index contributed by atoms with van der Waals surface area (Å²) in [5, 5.41) is 6.54. The van der Waals surface area contributed by atoms with Crippen LogP contribution in [0.25, 0.3) is 0 Å². The number of pyridine rings is 1. The number of alkyl halides is 3. The first-order valence-corrected chi connectivity index (χ1v) is 7.86. The van der Waals surface area contributed by atoms with Gasteiger partial charge in [-0.15, -0.1) is 0 Å². The van der Waals surface area contributed by atoms with Gasteiger partial charge in [-0.1, -0.05) is 23.4 Å². The number of hydrogen-bond donors (Lipinski definition) is 1. The third kappa shape index (κ3) is 5.52. The molecule has 1 aliphatic rings. The van der Waals surface area contributed by atoms with Crippen LogP contribution in [0.1, 0.15) is 17.5 Å². The second-order valence-electron chi connectivity index (χ2n) is 4.92. The van der Waals surface area contributed by atoms with E-state index in [2.05, 4.69) is 36.2 Å². The Hall–Kier alpha value is -2.09. The van der Waals surface area contributed by atoms with Crippen LogP contribution in [-0.2, 0) is 11.0 Å². The lowest BCUT2D eigenvalue weighted by molar-refractivity contribution is -0.137. The van der Waals surface area contributed by atoms with Crippen molar-refractivity contribution in [3.8, 4) is 0 Å². The van der Waals surface area contributed by atoms with E-state index in [4.69, 9.17) is 0 Å². The maximum Gasteiger partial charge on any atom is 0.417 e. The topological polar surface area (TPSA) is 46.5 Å². The molecule has 0 bridgehead atoms. The van der Waals surface area contributed by atoms with E-state index in [1.54, 1.807) is 0 Å². The Balaban J connectivity index is 0.000000292. The first-order chi connectivity index (χ1) is 11.4. The normalized spacial score (nSPS) is 13.5. The van der Waals surface area contributed by atoms with E-state index in [9.17, 15) is 13.2 Å². The highest BCUT2D eigenvalue weighted by molar-refractivity contribution is 9.18. The molecule has 8 heteroatoms. The van der Waals surface area contributed by atoms with Crippen molar-refractivity contribution >= 4 is 32.1 Å². The summed E-state index contributed by atoms with van der Waals surface area (Å²) in [6, 6.07) is 9.81. The third-order valence-electron chi connectivity index (χ3n) is 3.06. The average molecular weight is 402 g/mol. The first-order valence-electron chi connectivity index (χ1n) is 7.06. The van der Waals surface area contributed by atoms with Crippen LogP contribution < -0.4 is 5.32 Å². The molecule has 0 spiro atoms. The molecule has 0 atom stereocenters. The van der Waals surface area contributed by atoms with E-state index < -0.39 is 11.7 Å². The molecular weight excluding hydrogens is 387 g/mol. The van der Waals surface area contributed by atoms with Crippen LogP contribution in [0.5, 0.6) is 0 Å². The SMILES string of the molecule is BrC1=NOCC1.Cc1ccccc1Nc1ccc(C(F)(F)F)cn1. The van der Waals surface area contributed by atoms with Crippen LogP contribution in [0.4, 0.5) is 24.7 Å². The number of aryl methyl sites for hydroxylation is 1. The molecule has 0 amide bonds. The fourth-order valence-electron chi connectivity index (χ4n) is 1.78. The van der Waals surface area contributed by atoms with Crippen molar-refractivity contribution in [1.29, 1.82) is 0 Å². The van der Waals surface area contributed by atoms with Crippen molar-refractivity contribution < 1.29 is 18.0 Å². The smallest absolute Gasteiger partial charge is 0.395 e. The molecule has 1 aliphatic heterocycles.